The SMILES string of the molecule is COCCN(Cc1ccsc1)C(=O)NCc1cc(C)[nH]n1. The first-order valence-electron chi connectivity index (χ1n) is 6.72. The van der Waals surface area contributed by atoms with Gasteiger partial charge in [-0.1, -0.05) is 0 Å². The third-order valence-corrected chi connectivity index (χ3v) is 3.72. The number of aryl methyl sites for hydroxylation is 1. The molecule has 2 heterocycles. The van der Waals surface area contributed by atoms with Crippen LogP contribution in [0.1, 0.15) is 17.0 Å². The van der Waals surface area contributed by atoms with Gasteiger partial charge in [0.1, 0.15) is 0 Å². The number of carbonyl (C=O) groups is 1. The second-order valence-electron chi connectivity index (χ2n) is 4.75. The Morgan fingerprint density at radius 1 is 1.57 bits per heavy atom. The molecule has 114 valence electrons. The summed E-state index contributed by atoms with van der Waals surface area (Å²) >= 11 is 1.63. The van der Waals surface area contributed by atoms with Gasteiger partial charge in [0.15, 0.2) is 0 Å². The number of ether oxygens (including phenoxy) is 1. The van der Waals surface area contributed by atoms with E-state index in [1.54, 1.807) is 23.3 Å². The van der Waals surface area contributed by atoms with Crippen molar-refractivity contribution in [2.45, 2.75) is 20.0 Å². The van der Waals surface area contributed by atoms with Crippen LogP contribution in [0.3, 0.4) is 0 Å². The Morgan fingerprint density at radius 3 is 3.05 bits per heavy atom. The van der Waals surface area contributed by atoms with Crippen molar-refractivity contribution in [2.24, 2.45) is 0 Å². The number of rotatable bonds is 7. The number of nitrogens with one attached hydrogen (secondary N) is 2. The van der Waals surface area contributed by atoms with E-state index in [-0.39, 0.29) is 6.03 Å². The van der Waals surface area contributed by atoms with Gasteiger partial charge in [-0.2, -0.15) is 16.4 Å². The van der Waals surface area contributed by atoms with Crippen molar-refractivity contribution in [1.82, 2.24) is 20.4 Å². The second kappa shape index (κ2) is 7.80. The fraction of sp³-hybridized carbons (Fsp3) is 0.429. The summed E-state index contributed by atoms with van der Waals surface area (Å²) in [7, 11) is 1.63. The number of carbonyl (C=O) groups excluding carboxylic acids is 1. The Morgan fingerprint density at radius 2 is 2.43 bits per heavy atom. The summed E-state index contributed by atoms with van der Waals surface area (Å²) in [6.45, 7) is 3.99. The van der Waals surface area contributed by atoms with Gasteiger partial charge in [0.05, 0.1) is 18.8 Å². The number of thiophene rings is 1. The molecule has 0 aliphatic carbocycles. The lowest BCUT2D eigenvalue weighted by atomic mass is 10.3. The first-order chi connectivity index (χ1) is 10.2. The van der Waals surface area contributed by atoms with E-state index in [4.69, 9.17) is 4.74 Å². The highest BCUT2D eigenvalue weighted by atomic mass is 32.1. The summed E-state index contributed by atoms with van der Waals surface area (Å²) < 4.78 is 5.07. The smallest absolute Gasteiger partial charge is 0.318 e. The van der Waals surface area contributed by atoms with Gasteiger partial charge in [-0.15, -0.1) is 0 Å². The maximum Gasteiger partial charge on any atom is 0.318 e. The molecule has 2 rings (SSSR count). The molecular formula is C14H20N4O2S. The van der Waals surface area contributed by atoms with E-state index in [0.29, 0.717) is 26.2 Å². The first kappa shape index (κ1) is 15.5. The van der Waals surface area contributed by atoms with Crippen molar-refractivity contribution in [3.05, 3.63) is 39.8 Å². The molecule has 0 bridgehead atoms. The Balaban J connectivity index is 1.90. The molecule has 0 aliphatic rings. The summed E-state index contributed by atoms with van der Waals surface area (Å²) in [5.74, 6) is 0. The van der Waals surface area contributed by atoms with Gasteiger partial charge in [0, 0.05) is 25.9 Å². The predicted molar refractivity (Wildman–Crippen MR) is 82.2 cm³/mol. The summed E-state index contributed by atoms with van der Waals surface area (Å²) in [5, 5.41) is 13.9. The van der Waals surface area contributed by atoms with Crippen molar-refractivity contribution in [1.29, 1.82) is 0 Å². The van der Waals surface area contributed by atoms with Crippen molar-refractivity contribution >= 4 is 17.4 Å². The molecule has 21 heavy (non-hydrogen) atoms. The topological polar surface area (TPSA) is 70.2 Å². The van der Waals surface area contributed by atoms with E-state index in [1.807, 2.05) is 29.8 Å². The van der Waals surface area contributed by atoms with Gasteiger partial charge in [0.25, 0.3) is 0 Å². The monoisotopic (exact) mass is 308 g/mol. The van der Waals surface area contributed by atoms with Crippen molar-refractivity contribution in [3.63, 3.8) is 0 Å². The minimum atomic E-state index is -0.112. The second-order valence-corrected chi connectivity index (χ2v) is 5.53. The van der Waals surface area contributed by atoms with Crippen LogP contribution in [-0.2, 0) is 17.8 Å². The molecule has 2 aromatic heterocycles. The largest absolute Gasteiger partial charge is 0.383 e. The number of methoxy groups -OCH3 is 1. The fourth-order valence-electron chi connectivity index (χ4n) is 1.90. The zero-order valence-electron chi connectivity index (χ0n) is 12.3. The maximum absolute atomic E-state index is 12.3. The lowest BCUT2D eigenvalue weighted by Gasteiger charge is -2.22. The number of nitrogens with zero attached hydrogens (tertiary/aromatic N) is 2. The van der Waals surface area contributed by atoms with Crippen LogP contribution < -0.4 is 5.32 Å². The van der Waals surface area contributed by atoms with E-state index in [0.717, 1.165) is 17.0 Å². The van der Waals surface area contributed by atoms with Crippen molar-refractivity contribution < 1.29 is 9.53 Å². The summed E-state index contributed by atoms with van der Waals surface area (Å²) in [6, 6.07) is 3.83. The molecule has 6 nitrogen and oxygen atoms in total. The average molecular weight is 308 g/mol. The number of aromatic amines is 1. The van der Waals surface area contributed by atoms with Crippen LogP contribution in [0.4, 0.5) is 4.79 Å². The van der Waals surface area contributed by atoms with Crippen LogP contribution in [-0.4, -0.2) is 41.4 Å². The third kappa shape index (κ3) is 4.87. The van der Waals surface area contributed by atoms with Gasteiger partial charge in [-0.05, 0) is 35.4 Å². The van der Waals surface area contributed by atoms with Gasteiger partial charge in [-0.25, -0.2) is 4.79 Å². The molecule has 0 spiro atoms. The summed E-state index contributed by atoms with van der Waals surface area (Å²) in [5.41, 5.74) is 2.93. The average Bonchev–Trinajstić information content (AvgIpc) is 3.12. The molecule has 0 atom stereocenters. The Kier molecular flexibility index (Phi) is 5.77. The van der Waals surface area contributed by atoms with E-state index >= 15 is 0 Å². The van der Waals surface area contributed by atoms with Crippen LogP contribution in [0.2, 0.25) is 0 Å². The maximum atomic E-state index is 12.3. The van der Waals surface area contributed by atoms with Gasteiger partial charge < -0.3 is 15.0 Å². The number of hydrogen-bond acceptors (Lipinski definition) is 4. The quantitative estimate of drug-likeness (QED) is 0.823. The highest BCUT2D eigenvalue weighted by molar-refractivity contribution is 7.07. The molecular weight excluding hydrogens is 288 g/mol. The number of hydrogen-bond donors (Lipinski definition) is 2. The standard InChI is InChI=1S/C14H20N4O2S/c1-11-7-13(17-16-11)8-15-14(19)18(4-5-20-2)9-12-3-6-21-10-12/h3,6-7,10H,4-5,8-9H2,1-2H3,(H,15,19)(H,16,17). The highest BCUT2D eigenvalue weighted by Gasteiger charge is 2.14. The van der Waals surface area contributed by atoms with Crippen LogP contribution in [0, 0.1) is 6.92 Å². The van der Waals surface area contributed by atoms with E-state index in [1.165, 1.54) is 0 Å². The molecule has 0 aromatic carbocycles. The molecule has 0 fully saturated rings. The summed E-state index contributed by atoms with van der Waals surface area (Å²) in [4.78, 5) is 14.0. The number of H-pyrrole nitrogens is 1. The zero-order valence-corrected chi connectivity index (χ0v) is 13.1. The molecule has 2 aromatic rings. The van der Waals surface area contributed by atoms with E-state index in [2.05, 4.69) is 15.5 Å². The molecule has 0 saturated heterocycles. The number of aromatic nitrogens is 2. The Labute approximate surface area is 128 Å². The summed E-state index contributed by atoms with van der Waals surface area (Å²) in [6.07, 6.45) is 0. The fourth-order valence-corrected chi connectivity index (χ4v) is 2.56. The number of urea groups is 1. The molecule has 2 amide bonds. The lowest BCUT2D eigenvalue weighted by molar-refractivity contribution is 0.146. The molecule has 0 aliphatic heterocycles. The number of amides is 2. The van der Waals surface area contributed by atoms with Gasteiger partial charge in [-0.3, -0.25) is 5.10 Å². The molecule has 7 heteroatoms. The third-order valence-electron chi connectivity index (χ3n) is 2.99. The highest BCUT2D eigenvalue weighted by Crippen LogP contribution is 2.09. The molecule has 0 saturated carbocycles. The molecule has 0 radical (unpaired) electrons. The minimum Gasteiger partial charge on any atom is -0.383 e. The van der Waals surface area contributed by atoms with Gasteiger partial charge >= 0.3 is 6.03 Å². The normalized spacial score (nSPS) is 10.6. The predicted octanol–water partition coefficient (Wildman–Crippen LogP) is 2.14. The van der Waals surface area contributed by atoms with Crippen LogP contribution >= 0.6 is 11.3 Å². The van der Waals surface area contributed by atoms with Crippen LogP contribution in [0.5, 0.6) is 0 Å². The molecule has 0 unspecified atom stereocenters. The Hall–Kier alpha value is -1.86. The van der Waals surface area contributed by atoms with Crippen LogP contribution in [0.15, 0.2) is 22.9 Å². The van der Waals surface area contributed by atoms with E-state index < -0.39 is 0 Å². The van der Waals surface area contributed by atoms with Crippen molar-refractivity contribution in [2.75, 3.05) is 20.3 Å². The van der Waals surface area contributed by atoms with E-state index in [9.17, 15) is 4.79 Å². The van der Waals surface area contributed by atoms with Crippen LogP contribution in [0.25, 0.3) is 0 Å². The zero-order chi connectivity index (χ0) is 15.1. The van der Waals surface area contributed by atoms with Gasteiger partial charge in [0.2, 0.25) is 0 Å². The van der Waals surface area contributed by atoms with Crippen molar-refractivity contribution in [3.8, 4) is 0 Å². The Bertz CT molecular complexity index is 553. The minimum absolute atomic E-state index is 0.112. The molecule has 2 N–H and O–H groups in total. The lowest BCUT2D eigenvalue weighted by Crippen LogP contribution is -2.40. The first-order valence-corrected chi connectivity index (χ1v) is 7.67.